The maximum absolute atomic E-state index is 13.4. The third-order valence-electron chi connectivity index (χ3n) is 6.28. The number of hydrogen-bond donors (Lipinski definition) is 2. The lowest BCUT2D eigenvalue weighted by molar-refractivity contribution is 0.0939. The van der Waals surface area contributed by atoms with E-state index in [2.05, 4.69) is 5.32 Å². The van der Waals surface area contributed by atoms with Gasteiger partial charge in [0, 0.05) is 23.5 Å². The zero-order valence-corrected chi connectivity index (χ0v) is 18.7. The number of Topliss-reactive ketones (excluding diaryl/α,β-unsaturated/α-hetero) is 1. The van der Waals surface area contributed by atoms with Crippen molar-refractivity contribution in [1.29, 1.82) is 0 Å². The predicted octanol–water partition coefficient (Wildman–Crippen LogP) is 4.60. The number of aromatic nitrogens is 1. The molecule has 1 aliphatic rings. The molecule has 2 atom stereocenters. The van der Waals surface area contributed by atoms with Crippen LogP contribution >= 0.6 is 11.6 Å². The molecule has 0 radical (unpaired) electrons. The molecule has 32 heavy (non-hydrogen) atoms. The van der Waals surface area contributed by atoms with Crippen LogP contribution in [0, 0.1) is 5.92 Å². The van der Waals surface area contributed by atoms with Gasteiger partial charge in [-0.15, -0.1) is 0 Å². The number of pyridine rings is 1. The first kappa shape index (κ1) is 22.1. The van der Waals surface area contributed by atoms with E-state index in [9.17, 15) is 14.4 Å². The summed E-state index contributed by atoms with van der Waals surface area (Å²) in [6.45, 7) is 1.88. The van der Waals surface area contributed by atoms with Gasteiger partial charge < -0.3 is 15.6 Å². The lowest BCUT2D eigenvalue weighted by Gasteiger charge is -2.32. The number of anilines is 1. The summed E-state index contributed by atoms with van der Waals surface area (Å²) in [6.07, 6.45) is 3.42. The summed E-state index contributed by atoms with van der Waals surface area (Å²) in [4.78, 5) is 38.1. The fourth-order valence-electron chi connectivity index (χ4n) is 4.76. The molecule has 1 aromatic heterocycles. The number of ketones is 1. The van der Waals surface area contributed by atoms with Gasteiger partial charge in [-0.1, -0.05) is 42.3 Å². The van der Waals surface area contributed by atoms with Crippen LogP contribution in [0.15, 0.2) is 53.3 Å². The van der Waals surface area contributed by atoms with Gasteiger partial charge in [-0.3, -0.25) is 14.4 Å². The predicted molar refractivity (Wildman–Crippen MR) is 127 cm³/mol. The molecule has 2 aromatic carbocycles. The fraction of sp³-hybridized carbons (Fsp3) is 0.320. The first-order valence-corrected chi connectivity index (χ1v) is 11.2. The average molecular weight is 452 g/mol. The standard InChI is InChI=1S/C25H26ClN3O3/c1-15(30)21-23(27)22-19(26)11-6-12-20(22)29(25(21)32)18-10-5-7-16(13-18)14-28-24(31)17-8-3-2-4-9-17/h2-4,6,8-9,11-12,16,18H,5,7,10,13-14,27H2,1H3,(H,28,31)/t16-,18+/m1/s1. The number of benzene rings is 2. The van der Waals surface area contributed by atoms with Gasteiger partial charge in [-0.2, -0.15) is 0 Å². The number of nitrogens with one attached hydrogen (secondary N) is 1. The Hall–Kier alpha value is -3.12. The van der Waals surface area contributed by atoms with Crippen molar-refractivity contribution in [1.82, 2.24) is 9.88 Å². The Morgan fingerprint density at radius 1 is 1.12 bits per heavy atom. The minimum atomic E-state index is -0.372. The Morgan fingerprint density at radius 2 is 1.88 bits per heavy atom. The highest BCUT2D eigenvalue weighted by molar-refractivity contribution is 6.36. The van der Waals surface area contributed by atoms with Crippen molar-refractivity contribution in [3.05, 3.63) is 75.0 Å². The largest absolute Gasteiger partial charge is 0.397 e. The van der Waals surface area contributed by atoms with Crippen molar-refractivity contribution < 1.29 is 9.59 Å². The maximum atomic E-state index is 13.4. The van der Waals surface area contributed by atoms with Crippen LogP contribution in [0.2, 0.25) is 5.02 Å². The molecule has 1 fully saturated rings. The molecule has 3 N–H and O–H groups in total. The van der Waals surface area contributed by atoms with Gasteiger partial charge in [0.15, 0.2) is 5.78 Å². The van der Waals surface area contributed by atoms with E-state index in [0.717, 1.165) is 25.7 Å². The number of carbonyl (C=O) groups excluding carboxylic acids is 2. The topological polar surface area (TPSA) is 94.2 Å². The third kappa shape index (κ3) is 4.15. The summed E-state index contributed by atoms with van der Waals surface area (Å²) < 4.78 is 1.69. The molecule has 166 valence electrons. The highest BCUT2D eigenvalue weighted by Crippen LogP contribution is 2.36. The van der Waals surface area contributed by atoms with Crippen LogP contribution in [0.4, 0.5) is 5.69 Å². The van der Waals surface area contributed by atoms with E-state index in [1.807, 2.05) is 24.3 Å². The molecule has 0 saturated heterocycles. The molecule has 4 rings (SSSR count). The van der Waals surface area contributed by atoms with Crippen molar-refractivity contribution >= 4 is 39.9 Å². The lowest BCUT2D eigenvalue weighted by Crippen LogP contribution is -2.36. The molecule has 0 spiro atoms. The number of halogens is 1. The van der Waals surface area contributed by atoms with E-state index in [4.69, 9.17) is 17.3 Å². The number of nitrogens with two attached hydrogens (primary N) is 1. The SMILES string of the molecule is CC(=O)c1c(N)c2c(Cl)cccc2n([C@H]2CCC[C@@H](CNC(=O)c3ccccc3)C2)c1=O. The molecule has 1 aliphatic carbocycles. The van der Waals surface area contributed by atoms with Crippen molar-refractivity contribution in [2.75, 3.05) is 12.3 Å². The maximum Gasteiger partial charge on any atom is 0.264 e. The molecule has 7 heteroatoms. The number of nitrogen functional groups attached to an aromatic ring is 1. The van der Waals surface area contributed by atoms with Crippen LogP contribution < -0.4 is 16.6 Å². The smallest absolute Gasteiger partial charge is 0.264 e. The van der Waals surface area contributed by atoms with Gasteiger partial charge in [0.25, 0.3) is 11.5 Å². The van der Waals surface area contributed by atoms with Gasteiger partial charge in [0.1, 0.15) is 5.56 Å². The first-order chi connectivity index (χ1) is 15.4. The van der Waals surface area contributed by atoms with E-state index in [1.165, 1.54) is 6.92 Å². The van der Waals surface area contributed by atoms with Gasteiger partial charge in [-0.05, 0) is 56.4 Å². The van der Waals surface area contributed by atoms with Crippen molar-refractivity contribution in [3.8, 4) is 0 Å². The number of hydrogen-bond acceptors (Lipinski definition) is 4. The number of amides is 1. The summed E-state index contributed by atoms with van der Waals surface area (Å²) in [5.74, 6) is -0.250. The highest BCUT2D eigenvalue weighted by Gasteiger charge is 2.28. The van der Waals surface area contributed by atoms with E-state index in [0.29, 0.717) is 28.0 Å². The van der Waals surface area contributed by atoms with Crippen LogP contribution in [0.25, 0.3) is 10.9 Å². The molecule has 6 nitrogen and oxygen atoms in total. The zero-order chi connectivity index (χ0) is 22.8. The average Bonchev–Trinajstić information content (AvgIpc) is 2.78. The summed E-state index contributed by atoms with van der Waals surface area (Å²) >= 11 is 6.42. The Balaban J connectivity index is 1.64. The van der Waals surface area contributed by atoms with Crippen molar-refractivity contribution in [2.45, 2.75) is 38.6 Å². The van der Waals surface area contributed by atoms with Crippen molar-refractivity contribution in [2.24, 2.45) is 5.92 Å². The van der Waals surface area contributed by atoms with Crippen LogP contribution in [0.5, 0.6) is 0 Å². The van der Waals surface area contributed by atoms with Gasteiger partial charge in [-0.25, -0.2) is 0 Å². The second kappa shape index (κ2) is 9.17. The monoisotopic (exact) mass is 451 g/mol. The van der Waals surface area contributed by atoms with Gasteiger partial charge in [0.2, 0.25) is 0 Å². The summed E-state index contributed by atoms with van der Waals surface area (Å²) in [5, 5.41) is 3.97. The fourth-order valence-corrected chi connectivity index (χ4v) is 5.04. The number of fused-ring (bicyclic) bond motifs is 1. The highest BCUT2D eigenvalue weighted by atomic mass is 35.5. The van der Waals surface area contributed by atoms with Crippen LogP contribution in [-0.2, 0) is 0 Å². The first-order valence-electron chi connectivity index (χ1n) is 10.8. The van der Waals surface area contributed by atoms with Crippen LogP contribution in [0.3, 0.4) is 0 Å². The number of rotatable bonds is 5. The van der Waals surface area contributed by atoms with E-state index >= 15 is 0 Å². The van der Waals surface area contributed by atoms with Crippen LogP contribution in [0.1, 0.15) is 59.4 Å². The van der Waals surface area contributed by atoms with Crippen LogP contribution in [-0.4, -0.2) is 22.8 Å². The summed E-state index contributed by atoms with van der Waals surface area (Å²) in [7, 11) is 0. The minimum Gasteiger partial charge on any atom is -0.397 e. The molecule has 1 heterocycles. The lowest BCUT2D eigenvalue weighted by atomic mass is 9.85. The van der Waals surface area contributed by atoms with E-state index in [1.54, 1.807) is 28.8 Å². The molecular weight excluding hydrogens is 426 g/mol. The quantitative estimate of drug-likeness (QED) is 0.554. The summed E-state index contributed by atoms with van der Waals surface area (Å²) in [6, 6.07) is 14.3. The second-order valence-electron chi connectivity index (χ2n) is 8.42. The molecule has 0 aliphatic heterocycles. The molecule has 0 unspecified atom stereocenters. The van der Waals surface area contributed by atoms with Gasteiger partial charge in [0.05, 0.1) is 16.2 Å². The Bertz CT molecular complexity index is 1240. The molecule has 0 bridgehead atoms. The van der Waals surface area contributed by atoms with Gasteiger partial charge >= 0.3 is 0 Å². The second-order valence-corrected chi connectivity index (χ2v) is 8.82. The zero-order valence-electron chi connectivity index (χ0n) is 17.9. The Kier molecular flexibility index (Phi) is 6.33. The Morgan fingerprint density at radius 3 is 2.59 bits per heavy atom. The normalized spacial score (nSPS) is 18.4. The Labute approximate surface area is 191 Å². The third-order valence-corrected chi connectivity index (χ3v) is 6.60. The number of carbonyl (C=O) groups is 2. The molecule has 1 saturated carbocycles. The van der Waals surface area contributed by atoms with E-state index in [-0.39, 0.29) is 40.5 Å². The van der Waals surface area contributed by atoms with Crippen molar-refractivity contribution in [3.63, 3.8) is 0 Å². The molecule has 1 amide bonds. The minimum absolute atomic E-state index is 0.00916. The van der Waals surface area contributed by atoms with E-state index < -0.39 is 0 Å². The molecule has 3 aromatic rings. The summed E-state index contributed by atoms with van der Waals surface area (Å²) in [5.41, 5.74) is 7.25. The number of nitrogens with zero attached hydrogens (tertiary/aromatic N) is 1. The molecular formula is C25H26ClN3O3.